The molecule has 1 rings (SSSR count). The summed E-state index contributed by atoms with van der Waals surface area (Å²) >= 11 is 0. The van der Waals surface area contributed by atoms with Gasteiger partial charge in [0.25, 0.3) is 0 Å². The lowest BCUT2D eigenvalue weighted by Crippen LogP contribution is -2.61. The Kier molecular flexibility index (Phi) is 2.57. The van der Waals surface area contributed by atoms with Crippen LogP contribution in [-0.4, -0.2) is 23.9 Å². The highest BCUT2D eigenvalue weighted by Crippen LogP contribution is 2.38. The zero-order valence-corrected chi connectivity index (χ0v) is 9.33. The maximum absolute atomic E-state index is 5.77. The molecular formula is C9H19BN2O2. The van der Waals surface area contributed by atoms with Gasteiger partial charge in [0.2, 0.25) is 0 Å². The zero-order valence-electron chi connectivity index (χ0n) is 9.33. The van der Waals surface area contributed by atoms with Gasteiger partial charge in [-0.15, -0.1) is 6.58 Å². The van der Waals surface area contributed by atoms with E-state index in [0.717, 1.165) is 0 Å². The molecule has 4 N–H and O–H groups in total. The van der Waals surface area contributed by atoms with Crippen molar-refractivity contribution in [3.8, 4) is 0 Å². The van der Waals surface area contributed by atoms with Crippen molar-refractivity contribution < 1.29 is 9.31 Å². The molecule has 0 amide bonds. The Bertz CT molecular complexity index is 235. The summed E-state index contributed by atoms with van der Waals surface area (Å²) in [5.74, 6) is 0. The van der Waals surface area contributed by atoms with Crippen LogP contribution in [0.3, 0.4) is 0 Å². The molecular weight excluding hydrogens is 179 g/mol. The predicted octanol–water partition coefficient (Wildman–Crippen LogP) is 0.418. The van der Waals surface area contributed by atoms with E-state index in [-0.39, 0.29) is 0 Å². The predicted molar refractivity (Wildman–Crippen MR) is 57.4 cm³/mol. The Morgan fingerprint density at radius 2 is 1.50 bits per heavy atom. The van der Waals surface area contributed by atoms with Crippen LogP contribution in [0.25, 0.3) is 0 Å². The molecule has 1 saturated heterocycles. The molecule has 0 atom stereocenters. The number of rotatable bonds is 2. The van der Waals surface area contributed by atoms with Gasteiger partial charge in [-0.05, 0) is 27.7 Å². The molecule has 4 nitrogen and oxygen atoms in total. The van der Waals surface area contributed by atoms with E-state index in [0.29, 0.717) is 0 Å². The van der Waals surface area contributed by atoms with Crippen LogP contribution in [0, 0.1) is 0 Å². The first-order valence-corrected chi connectivity index (χ1v) is 4.69. The second-order valence-corrected chi connectivity index (χ2v) is 4.79. The molecule has 5 heteroatoms. The van der Waals surface area contributed by atoms with Crippen molar-refractivity contribution in [2.24, 2.45) is 11.5 Å². The molecule has 14 heavy (non-hydrogen) atoms. The monoisotopic (exact) mass is 198 g/mol. The van der Waals surface area contributed by atoms with E-state index >= 15 is 0 Å². The summed E-state index contributed by atoms with van der Waals surface area (Å²) in [6.45, 7) is 11.4. The van der Waals surface area contributed by atoms with Crippen molar-refractivity contribution in [3.05, 3.63) is 12.7 Å². The second kappa shape index (κ2) is 3.07. The van der Waals surface area contributed by atoms with Gasteiger partial charge in [-0.3, -0.25) is 0 Å². The van der Waals surface area contributed by atoms with Crippen molar-refractivity contribution >= 4 is 7.12 Å². The Morgan fingerprint density at radius 1 is 1.14 bits per heavy atom. The van der Waals surface area contributed by atoms with Crippen LogP contribution in [0.5, 0.6) is 0 Å². The third-order valence-electron chi connectivity index (χ3n) is 3.02. The minimum atomic E-state index is -1.15. The SMILES string of the molecule is C=CC(N)(N)B1OC(C)(C)C(C)(C)O1. The van der Waals surface area contributed by atoms with Gasteiger partial charge in [0, 0.05) is 0 Å². The fourth-order valence-electron chi connectivity index (χ4n) is 1.14. The van der Waals surface area contributed by atoms with E-state index in [1.165, 1.54) is 6.08 Å². The molecule has 0 spiro atoms. The van der Waals surface area contributed by atoms with Gasteiger partial charge in [0.1, 0.15) is 5.56 Å². The lowest BCUT2D eigenvalue weighted by atomic mass is 9.72. The fourth-order valence-corrected chi connectivity index (χ4v) is 1.14. The van der Waals surface area contributed by atoms with Gasteiger partial charge in [0.15, 0.2) is 0 Å². The highest BCUT2D eigenvalue weighted by Gasteiger charge is 2.56. The molecule has 1 aliphatic heterocycles. The average Bonchev–Trinajstić information content (AvgIpc) is 2.22. The average molecular weight is 198 g/mol. The summed E-state index contributed by atoms with van der Waals surface area (Å²) < 4.78 is 11.4. The highest BCUT2D eigenvalue weighted by molar-refractivity contribution is 6.50. The molecule has 1 heterocycles. The van der Waals surface area contributed by atoms with E-state index in [9.17, 15) is 0 Å². The maximum atomic E-state index is 5.77. The molecule has 80 valence electrons. The Morgan fingerprint density at radius 3 is 1.79 bits per heavy atom. The van der Waals surface area contributed by atoms with E-state index in [4.69, 9.17) is 20.8 Å². The van der Waals surface area contributed by atoms with Gasteiger partial charge in [-0.1, -0.05) is 6.08 Å². The quantitative estimate of drug-likeness (QED) is 0.383. The maximum Gasteiger partial charge on any atom is 0.498 e. The summed E-state index contributed by atoms with van der Waals surface area (Å²) in [4.78, 5) is 0. The van der Waals surface area contributed by atoms with E-state index in [1.54, 1.807) is 0 Å². The summed E-state index contributed by atoms with van der Waals surface area (Å²) in [5.41, 5.74) is 9.57. The number of nitrogens with two attached hydrogens (primary N) is 2. The van der Waals surface area contributed by atoms with Crippen molar-refractivity contribution in [1.29, 1.82) is 0 Å². The molecule has 0 aromatic heterocycles. The minimum Gasteiger partial charge on any atom is -0.401 e. The van der Waals surface area contributed by atoms with Crippen molar-refractivity contribution in [2.45, 2.75) is 44.5 Å². The van der Waals surface area contributed by atoms with Crippen LogP contribution < -0.4 is 11.5 Å². The van der Waals surface area contributed by atoms with Gasteiger partial charge in [0.05, 0.1) is 11.2 Å². The van der Waals surface area contributed by atoms with Crippen molar-refractivity contribution in [3.63, 3.8) is 0 Å². The standard InChI is InChI=1S/C9H19BN2O2/c1-6-9(11,12)10-13-7(2,3)8(4,5)14-10/h6H,1,11-12H2,2-5H3. The first kappa shape index (κ1) is 11.7. The molecule has 0 radical (unpaired) electrons. The largest absolute Gasteiger partial charge is 0.498 e. The Balaban J connectivity index is 2.88. The third-order valence-corrected chi connectivity index (χ3v) is 3.02. The second-order valence-electron chi connectivity index (χ2n) is 4.79. The Labute approximate surface area is 85.8 Å². The summed E-state index contributed by atoms with van der Waals surface area (Å²) in [5, 5.41) is 0. The number of hydrogen-bond acceptors (Lipinski definition) is 4. The molecule has 0 bridgehead atoms. The van der Waals surface area contributed by atoms with Gasteiger partial charge in [-0.25, -0.2) is 0 Å². The van der Waals surface area contributed by atoms with Crippen LogP contribution in [0.1, 0.15) is 27.7 Å². The van der Waals surface area contributed by atoms with Crippen molar-refractivity contribution in [2.75, 3.05) is 0 Å². The summed E-state index contributed by atoms with van der Waals surface area (Å²) in [6, 6.07) is 0. The molecule has 1 fully saturated rings. The van der Waals surface area contributed by atoms with Crippen LogP contribution in [0.4, 0.5) is 0 Å². The summed E-state index contributed by atoms with van der Waals surface area (Å²) in [7, 11) is -0.648. The Hall–Kier alpha value is -0.355. The normalized spacial score (nSPS) is 25.1. The topological polar surface area (TPSA) is 70.5 Å². The van der Waals surface area contributed by atoms with Crippen LogP contribution in [-0.2, 0) is 9.31 Å². The lowest BCUT2D eigenvalue weighted by Gasteiger charge is -2.32. The molecule has 0 saturated carbocycles. The fraction of sp³-hybridized carbons (Fsp3) is 0.778. The smallest absolute Gasteiger partial charge is 0.401 e. The highest BCUT2D eigenvalue weighted by atomic mass is 16.7. The van der Waals surface area contributed by atoms with E-state index in [2.05, 4.69) is 6.58 Å². The first-order chi connectivity index (χ1) is 6.12. The van der Waals surface area contributed by atoms with Crippen LogP contribution >= 0.6 is 0 Å². The molecule has 1 aliphatic rings. The van der Waals surface area contributed by atoms with Gasteiger partial charge < -0.3 is 20.8 Å². The van der Waals surface area contributed by atoms with Gasteiger partial charge >= 0.3 is 7.12 Å². The van der Waals surface area contributed by atoms with E-state index in [1.807, 2.05) is 27.7 Å². The molecule has 0 aliphatic carbocycles. The van der Waals surface area contributed by atoms with Crippen LogP contribution in [0.2, 0.25) is 0 Å². The lowest BCUT2D eigenvalue weighted by molar-refractivity contribution is 0.00578. The number of hydrogen-bond donors (Lipinski definition) is 2. The van der Waals surface area contributed by atoms with E-state index < -0.39 is 23.9 Å². The van der Waals surface area contributed by atoms with Crippen LogP contribution in [0.15, 0.2) is 12.7 Å². The summed E-state index contributed by atoms with van der Waals surface area (Å²) in [6.07, 6.45) is 1.44. The zero-order chi connectivity index (χ0) is 11.2. The minimum absolute atomic E-state index is 0.412. The molecule has 0 unspecified atom stereocenters. The third kappa shape index (κ3) is 1.73. The van der Waals surface area contributed by atoms with Crippen molar-refractivity contribution in [1.82, 2.24) is 0 Å². The first-order valence-electron chi connectivity index (χ1n) is 4.69. The molecule has 0 aromatic rings. The van der Waals surface area contributed by atoms with Gasteiger partial charge in [-0.2, -0.15) is 0 Å². The molecule has 0 aromatic carbocycles.